The van der Waals surface area contributed by atoms with Crippen molar-refractivity contribution in [2.24, 2.45) is 0 Å². The van der Waals surface area contributed by atoms with Crippen LogP contribution in [0.2, 0.25) is 5.02 Å². The third kappa shape index (κ3) is 3.71. The average molecular weight is 383 g/mol. The normalized spacial score (nSPS) is 15.3. The predicted molar refractivity (Wildman–Crippen MR) is 114 cm³/mol. The molecule has 0 bridgehead atoms. The highest BCUT2D eigenvalue weighted by Gasteiger charge is 2.18. The van der Waals surface area contributed by atoms with Gasteiger partial charge in [-0.05, 0) is 48.4 Å². The fourth-order valence-corrected chi connectivity index (χ4v) is 4.67. The summed E-state index contributed by atoms with van der Waals surface area (Å²) < 4.78 is 2.37. The molecule has 0 atom stereocenters. The lowest BCUT2D eigenvalue weighted by Crippen LogP contribution is -2.32. The van der Waals surface area contributed by atoms with Crippen molar-refractivity contribution in [1.82, 2.24) is 9.47 Å². The summed E-state index contributed by atoms with van der Waals surface area (Å²) in [6.45, 7) is 5.61. The molecular weight excluding hydrogens is 360 g/mol. The molecule has 1 aliphatic heterocycles. The zero-order valence-corrected chi connectivity index (χ0v) is 16.6. The maximum absolute atomic E-state index is 6.11. The second kappa shape index (κ2) is 7.91. The largest absolute Gasteiger partial charge is 0.314 e. The number of halogens is 1. The maximum atomic E-state index is 6.11. The Morgan fingerprint density at radius 1 is 0.962 bits per heavy atom. The van der Waals surface area contributed by atoms with E-state index >= 15 is 0 Å². The molecule has 0 aliphatic carbocycles. The molecule has 3 aromatic rings. The number of hydrogen-bond donors (Lipinski definition) is 0. The van der Waals surface area contributed by atoms with Gasteiger partial charge < -0.3 is 4.57 Å². The minimum atomic E-state index is 0.773. The Morgan fingerprint density at radius 3 is 2.35 bits per heavy atom. The van der Waals surface area contributed by atoms with Crippen molar-refractivity contribution in [3.63, 3.8) is 0 Å². The van der Waals surface area contributed by atoms with Gasteiger partial charge in [0.05, 0.1) is 5.69 Å². The van der Waals surface area contributed by atoms with Crippen molar-refractivity contribution >= 4 is 23.4 Å². The van der Waals surface area contributed by atoms with Gasteiger partial charge in [0, 0.05) is 47.5 Å². The zero-order valence-electron chi connectivity index (χ0n) is 15.0. The molecule has 1 fully saturated rings. The molecule has 1 saturated heterocycles. The minimum Gasteiger partial charge on any atom is -0.314 e. The van der Waals surface area contributed by atoms with E-state index in [1.165, 1.54) is 52.8 Å². The lowest BCUT2D eigenvalue weighted by Gasteiger charge is -2.26. The lowest BCUT2D eigenvalue weighted by molar-refractivity contribution is 0.294. The second-order valence-electron chi connectivity index (χ2n) is 6.71. The Kier molecular flexibility index (Phi) is 5.39. The van der Waals surface area contributed by atoms with Crippen LogP contribution in [0, 0.1) is 6.92 Å². The van der Waals surface area contributed by atoms with Crippen molar-refractivity contribution in [2.75, 3.05) is 24.6 Å². The molecular formula is C22H23ClN2S. The van der Waals surface area contributed by atoms with E-state index in [1.807, 2.05) is 12.1 Å². The van der Waals surface area contributed by atoms with E-state index < -0.39 is 0 Å². The Labute approximate surface area is 164 Å². The minimum absolute atomic E-state index is 0.773. The van der Waals surface area contributed by atoms with Crippen LogP contribution < -0.4 is 0 Å². The zero-order chi connectivity index (χ0) is 17.9. The number of rotatable bonds is 4. The van der Waals surface area contributed by atoms with E-state index in [1.54, 1.807) is 0 Å². The van der Waals surface area contributed by atoms with Gasteiger partial charge in [-0.3, -0.25) is 4.90 Å². The van der Waals surface area contributed by atoms with Gasteiger partial charge in [-0.25, -0.2) is 0 Å². The molecule has 0 spiro atoms. The molecule has 2 heterocycles. The maximum Gasteiger partial charge on any atom is 0.0534 e. The molecule has 26 heavy (non-hydrogen) atoms. The number of thioether (sulfide) groups is 1. The number of para-hydroxylation sites is 1. The van der Waals surface area contributed by atoms with Gasteiger partial charge in [0.2, 0.25) is 0 Å². The van der Waals surface area contributed by atoms with Crippen molar-refractivity contribution in [2.45, 2.75) is 13.5 Å². The van der Waals surface area contributed by atoms with Crippen LogP contribution in [0.3, 0.4) is 0 Å². The Balaban J connectivity index is 1.78. The Bertz CT molecular complexity index is 865. The molecule has 0 radical (unpaired) electrons. The average Bonchev–Trinajstić information content (AvgIpc) is 3.00. The summed E-state index contributed by atoms with van der Waals surface area (Å²) in [5.41, 5.74) is 6.36. The molecule has 2 nitrogen and oxygen atoms in total. The summed E-state index contributed by atoms with van der Waals surface area (Å²) in [6, 6.07) is 21.1. The molecule has 4 heteroatoms. The molecule has 1 aromatic heterocycles. The van der Waals surface area contributed by atoms with E-state index in [0.29, 0.717) is 0 Å². The van der Waals surface area contributed by atoms with Gasteiger partial charge in [0.15, 0.2) is 0 Å². The number of benzene rings is 2. The van der Waals surface area contributed by atoms with Crippen LogP contribution in [0.25, 0.3) is 16.9 Å². The van der Waals surface area contributed by atoms with Crippen LogP contribution in [0.15, 0.2) is 60.7 Å². The highest BCUT2D eigenvalue weighted by atomic mass is 35.5. The number of aromatic nitrogens is 1. The first kappa shape index (κ1) is 17.7. The van der Waals surface area contributed by atoms with Crippen molar-refractivity contribution < 1.29 is 0 Å². The Morgan fingerprint density at radius 2 is 1.65 bits per heavy atom. The number of hydrogen-bond acceptors (Lipinski definition) is 2. The summed E-state index contributed by atoms with van der Waals surface area (Å²) >= 11 is 8.16. The van der Waals surface area contributed by atoms with Crippen LogP contribution in [-0.2, 0) is 6.54 Å². The fraction of sp³-hybridized carbons (Fsp3) is 0.273. The first-order valence-corrected chi connectivity index (χ1v) is 10.6. The molecule has 2 aromatic carbocycles. The molecule has 0 saturated carbocycles. The summed E-state index contributed by atoms with van der Waals surface area (Å²) in [6.07, 6.45) is 0. The molecule has 4 rings (SSSR count). The van der Waals surface area contributed by atoms with Gasteiger partial charge >= 0.3 is 0 Å². The monoisotopic (exact) mass is 382 g/mol. The van der Waals surface area contributed by atoms with E-state index in [-0.39, 0.29) is 0 Å². The summed E-state index contributed by atoms with van der Waals surface area (Å²) in [5.74, 6) is 2.48. The van der Waals surface area contributed by atoms with Gasteiger partial charge in [0.1, 0.15) is 0 Å². The van der Waals surface area contributed by atoms with Gasteiger partial charge in [0.25, 0.3) is 0 Å². The van der Waals surface area contributed by atoms with Crippen LogP contribution in [0.4, 0.5) is 0 Å². The SMILES string of the molecule is Cc1c(CN2CCSCC2)cc(-c2ccc(Cl)cc2)n1-c1ccccc1. The van der Waals surface area contributed by atoms with E-state index in [9.17, 15) is 0 Å². The van der Waals surface area contributed by atoms with Crippen LogP contribution in [0.5, 0.6) is 0 Å². The van der Waals surface area contributed by atoms with Crippen LogP contribution >= 0.6 is 23.4 Å². The summed E-state index contributed by atoms with van der Waals surface area (Å²) in [5, 5.41) is 0.773. The van der Waals surface area contributed by atoms with E-state index in [4.69, 9.17) is 11.6 Å². The second-order valence-corrected chi connectivity index (χ2v) is 8.37. The highest BCUT2D eigenvalue weighted by Crippen LogP contribution is 2.31. The Hall–Kier alpha value is -1.68. The van der Waals surface area contributed by atoms with Crippen LogP contribution in [0.1, 0.15) is 11.3 Å². The van der Waals surface area contributed by atoms with Crippen molar-refractivity contribution in [3.8, 4) is 16.9 Å². The van der Waals surface area contributed by atoms with Crippen molar-refractivity contribution in [3.05, 3.63) is 76.9 Å². The first-order chi connectivity index (χ1) is 12.7. The van der Waals surface area contributed by atoms with Gasteiger partial charge in [-0.2, -0.15) is 11.8 Å². The quantitative estimate of drug-likeness (QED) is 0.575. The van der Waals surface area contributed by atoms with Crippen molar-refractivity contribution in [1.29, 1.82) is 0 Å². The summed E-state index contributed by atoms with van der Waals surface area (Å²) in [4.78, 5) is 2.57. The van der Waals surface area contributed by atoms with Crippen LogP contribution in [-0.4, -0.2) is 34.1 Å². The van der Waals surface area contributed by atoms with E-state index in [0.717, 1.165) is 11.6 Å². The number of nitrogens with zero attached hydrogens (tertiary/aromatic N) is 2. The first-order valence-electron chi connectivity index (χ1n) is 9.05. The molecule has 134 valence electrons. The smallest absolute Gasteiger partial charge is 0.0534 e. The van der Waals surface area contributed by atoms with E-state index in [2.05, 4.69) is 76.7 Å². The molecule has 0 N–H and O–H groups in total. The third-order valence-electron chi connectivity index (χ3n) is 5.00. The molecule has 0 amide bonds. The highest BCUT2D eigenvalue weighted by molar-refractivity contribution is 7.99. The fourth-order valence-electron chi connectivity index (χ4n) is 3.56. The predicted octanol–water partition coefficient (Wildman–Crippen LogP) is 5.65. The third-order valence-corrected chi connectivity index (χ3v) is 6.20. The molecule has 0 unspecified atom stereocenters. The molecule has 1 aliphatic rings. The standard InChI is InChI=1S/C22H23ClN2S/c1-17-19(16-24-11-13-26-14-12-24)15-22(18-7-9-20(23)10-8-18)25(17)21-5-3-2-4-6-21/h2-10,15H,11-14,16H2,1H3. The van der Waals surface area contributed by atoms with Gasteiger partial charge in [-0.1, -0.05) is 41.9 Å². The topological polar surface area (TPSA) is 8.17 Å². The van der Waals surface area contributed by atoms with Gasteiger partial charge in [-0.15, -0.1) is 0 Å². The summed E-state index contributed by atoms with van der Waals surface area (Å²) in [7, 11) is 0. The lowest BCUT2D eigenvalue weighted by atomic mass is 10.1.